The van der Waals surface area contributed by atoms with Gasteiger partial charge < -0.3 is 15.4 Å². The predicted octanol–water partition coefficient (Wildman–Crippen LogP) is 1.00. The molecule has 0 bridgehead atoms. The van der Waals surface area contributed by atoms with Crippen LogP contribution in [0.4, 0.5) is 5.82 Å². The fourth-order valence-electron chi connectivity index (χ4n) is 2.00. The zero-order chi connectivity index (χ0) is 16.5. The SMILES string of the molecule is N#C/C(=C/Nc1ccc(Cl)cn1)C(=O)NCCN1CCOCC1. The molecule has 1 aliphatic rings. The van der Waals surface area contributed by atoms with Crippen molar-refractivity contribution in [3.63, 3.8) is 0 Å². The van der Waals surface area contributed by atoms with Crippen molar-refractivity contribution in [2.75, 3.05) is 44.7 Å². The second kappa shape index (κ2) is 9.10. The van der Waals surface area contributed by atoms with Gasteiger partial charge in [0.25, 0.3) is 5.91 Å². The Labute approximate surface area is 139 Å². The van der Waals surface area contributed by atoms with E-state index in [1.165, 1.54) is 12.4 Å². The number of nitrogens with one attached hydrogen (secondary N) is 2. The van der Waals surface area contributed by atoms with E-state index in [9.17, 15) is 4.79 Å². The van der Waals surface area contributed by atoms with Gasteiger partial charge in [0.05, 0.1) is 18.2 Å². The normalized spacial score (nSPS) is 15.7. The lowest BCUT2D eigenvalue weighted by Gasteiger charge is -2.26. The van der Waals surface area contributed by atoms with Gasteiger partial charge in [-0.05, 0) is 12.1 Å². The van der Waals surface area contributed by atoms with Gasteiger partial charge in [-0.25, -0.2) is 4.98 Å². The van der Waals surface area contributed by atoms with Gasteiger partial charge in [0.15, 0.2) is 0 Å². The van der Waals surface area contributed by atoms with E-state index in [1.807, 2.05) is 6.07 Å². The number of carbonyl (C=O) groups excluding carboxylic acids is 1. The van der Waals surface area contributed by atoms with E-state index in [0.717, 1.165) is 32.8 Å². The molecule has 2 N–H and O–H groups in total. The molecule has 0 atom stereocenters. The first-order valence-electron chi connectivity index (χ1n) is 7.25. The van der Waals surface area contributed by atoms with Crippen LogP contribution in [-0.4, -0.2) is 55.2 Å². The Morgan fingerprint density at radius 2 is 2.26 bits per heavy atom. The molecule has 1 amide bonds. The summed E-state index contributed by atoms with van der Waals surface area (Å²) in [4.78, 5) is 18.2. The van der Waals surface area contributed by atoms with E-state index in [0.29, 0.717) is 17.4 Å². The Morgan fingerprint density at radius 1 is 1.48 bits per heavy atom. The van der Waals surface area contributed by atoms with Crippen LogP contribution in [0.5, 0.6) is 0 Å². The molecule has 0 saturated carbocycles. The number of aromatic nitrogens is 1. The second-order valence-electron chi connectivity index (χ2n) is 4.89. The zero-order valence-corrected chi connectivity index (χ0v) is 13.3. The fraction of sp³-hybridized carbons (Fsp3) is 0.400. The molecule has 0 aromatic carbocycles. The van der Waals surface area contributed by atoms with Crippen LogP contribution in [0.2, 0.25) is 5.02 Å². The minimum Gasteiger partial charge on any atom is -0.379 e. The number of pyridine rings is 1. The molecule has 2 heterocycles. The quantitative estimate of drug-likeness (QED) is 0.595. The molecule has 0 spiro atoms. The highest BCUT2D eigenvalue weighted by Gasteiger charge is 2.12. The fourth-order valence-corrected chi connectivity index (χ4v) is 2.12. The van der Waals surface area contributed by atoms with Crippen LogP contribution >= 0.6 is 11.6 Å². The lowest BCUT2D eigenvalue weighted by molar-refractivity contribution is -0.117. The molecule has 0 aliphatic carbocycles. The molecule has 1 aromatic rings. The molecule has 1 aliphatic heterocycles. The van der Waals surface area contributed by atoms with E-state index < -0.39 is 5.91 Å². The van der Waals surface area contributed by atoms with E-state index in [1.54, 1.807) is 12.1 Å². The molecule has 1 saturated heterocycles. The van der Waals surface area contributed by atoms with Gasteiger partial charge >= 0.3 is 0 Å². The highest BCUT2D eigenvalue weighted by atomic mass is 35.5. The van der Waals surface area contributed by atoms with Gasteiger partial charge in [0.1, 0.15) is 17.5 Å². The summed E-state index contributed by atoms with van der Waals surface area (Å²) in [6, 6.07) is 5.19. The van der Waals surface area contributed by atoms with Crippen molar-refractivity contribution in [3.05, 3.63) is 35.1 Å². The Balaban J connectivity index is 1.79. The molecule has 1 aromatic heterocycles. The number of ether oxygens (including phenoxy) is 1. The number of anilines is 1. The monoisotopic (exact) mass is 335 g/mol. The van der Waals surface area contributed by atoms with Crippen molar-refractivity contribution < 1.29 is 9.53 Å². The third-order valence-electron chi connectivity index (χ3n) is 3.27. The summed E-state index contributed by atoms with van der Waals surface area (Å²) < 4.78 is 5.26. The molecule has 122 valence electrons. The molecular weight excluding hydrogens is 318 g/mol. The van der Waals surface area contributed by atoms with Crippen LogP contribution < -0.4 is 10.6 Å². The number of morpholine rings is 1. The van der Waals surface area contributed by atoms with Crippen LogP contribution in [-0.2, 0) is 9.53 Å². The smallest absolute Gasteiger partial charge is 0.263 e. The Morgan fingerprint density at radius 3 is 2.91 bits per heavy atom. The molecule has 8 heteroatoms. The minimum absolute atomic E-state index is 0.0104. The number of nitrogens with zero attached hydrogens (tertiary/aromatic N) is 3. The number of halogens is 1. The maximum absolute atomic E-state index is 12.0. The van der Waals surface area contributed by atoms with Gasteiger partial charge in [-0.2, -0.15) is 5.26 Å². The van der Waals surface area contributed by atoms with Crippen LogP contribution in [0.3, 0.4) is 0 Å². The molecule has 2 rings (SSSR count). The van der Waals surface area contributed by atoms with Crippen LogP contribution in [0.15, 0.2) is 30.1 Å². The Hall–Kier alpha value is -2.14. The van der Waals surface area contributed by atoms with Gasteiger partial charge in [-0.3, -0.25) is 9.69 Å². The average molecular weight is 336 g/mol. The van der Waals surface area contributed by atoms with Crippen LogP contribution in [0, 0.1) is 11.3 Å². The number of carbonyl (C=O) groups is 1. The lowest BCUT2D eigenvalue weighted by atomic mass is 10.3. The first-order valence-corrected chi connectivity index (χ1v) is 7.63. The minimum atomic E-state index is -0.415. The Kier molecular flexibility index (Phi) is 6.81. The maximum Gasteiger partial charge on any atom is 0.263 e. The number of hydrogen-bond donors (Lipinski definition) is 2. The molecule has 0 radical (unpaired) electrons. The van der Waals surface area contributed by atoms with Crippen molar-refractivity contribution >= 4 is 23.3 Å². The summed E-state index contributed by atoms with van der Waals surface area (Å²) in [7, 11) is 0. The zero-order valence-electron chi connectivity index (χ0n) is 12.6. The summed E-state index contributed by atoms with van der Waals surface area (Å²) in [5, 5.41) is 15.1. The van der Waals surface area contributed by atoms with E-state index >= 15 is 0 Å². The first-order chi connectivity index (χ1) is 11.2. The van der Waals surface area contributed by atoms with Crippen molar-refractivity contribution in [1.29, 1.82) is 5.26 Å². The number of nitriles is 1. The summed E-state index contributed by atoms with van der Waals surface area (Å²) in [6.45, 7) is 4.38. The van der Waals surface area contributed by atoms with Gasteiger partial charge in [0, 0.05) is 38.6 Å². The molecular formula is C15H18ClN5O2. The topological polar surface area (TPSA) is 90.3 Å². The Bertz CT molecular complexity index is 591. The third kappa shape index (κ3) is 5.87. The summed E-state index contributed by atoms with van der Waals surface area (Å²) in [5.41, 5.74) is -0.0104. The predicted molar refractivity (Wildman–Crippen MR) is 86.8 cm³/mol. The van der Waals surface area contributed by atoms with Gasteiger partial charge in [0.2, 0.25) is 0 Å². The number of hydrogen-bond acceptors (Lipinski definition) is 6. The second-order valence-corrected chi connectivity index (χ2v) is 5.32. The molecule has 1 fully saturated rings. The molecule has 23 heavy (non-hydrogen) atoms. The first kappa shape index (κ1) is 17.2. The highest BCUT2D eigenvalue weighted by Crippen LogP contribution is 2.09. The van der Waals surface area contributed by atoms with Crippen molar-refractivity contribution in [1.82, 2.24) is 15.2 Å². The van der Waals surface area contributed by atoms with Gasteiger partial charge in [-0.15, -0.1) is 0 Å². The van der Waals surface area contributed by atoms with Crippen LogP contribution in [0.25, 0.3) is 0 Å². The van der Waals surface area contributed by atoms with Gasteiger partial charge in [-0.1, -0.05) is 11.6 Å². The number of rotatable bonds is 6. The van der Waals surface area contributed by atoms with E-state index in [-0.39, 0.29) is 5.57 Å². The standard InChI is InChI=1S/C15H18ClN5O2/c16-13-1-2-14(20-11-13)19-10-12(9-17)15(22)18-3-4-21-5-7-23-8-6-21/h1-2,10-11H,3-8H2,(H,18,22)(H,19,20)/b12-10-. The van der Waals surface area contributed by atoms with Crippen molar-refractivity contribution in [3.8, 4) is 6.07 Å². The average Bonchev–Trinajstić information content (AvgIpc) is 2.58. The largest absolute Gasteiger partial charge is 0.379 e. The number of amides is 1. The summed E-state index contributed by atoms with van der Waals surface area (Å²) in [5.74, 6) is 0.0884. The molecule has 7 nitrogen and oxygen atoms in total. The third-order valence-corrected chi connectivity index (χ3v) is 3.50. The summed E-state index contributed by atoms with van der Waals surface area (Å²) >= 11 is 5.74. The van der Waals surface area contributed by atoms with E-state index in [4.69, 9.17) is 21.6 Å². The molecule has 0 unspecified atom stereocenters. The van der Waals surface area contributed by atoms with Crippen molar-refractivity contribution in [2.24, 2.45) is 0 Å². The van der Waals surface area contributed by atoms with Crippen molar-refractivity contribution in [2.45, 2.75) is 0 Å². The highest BCUT2D eigenvalue weighted by molar-refractivity contribution is 6.30. The lowest BCUT2D eigenvalue weighted by Crippen LogP contribution is -2.41. The summed E-state index contributed by atoms with van der Waals surface area (Å²) in [6.07, 6.45) is 2.81. The van der Waals surface area contributed by atoms with E-state index in [2.05, 4.69) is 20.5 Å². The van der Waals surface area contributed by atoms with Crippen LogP contribution in [0.1, 0.15) is 0 Å². The maximum atomic E-state index is 12.0.